The van der Waals surface area contributed by atoms with Crippen LogP contribution in [-0.4, -0.2) is 23.4 Å². The molecule has 3 rings (SSSR count). The Morgan fingerprint density at radius 2 is 2.19 bits per heavy atom. The van der Waals surface area contributed by atoms with Crippen molar-refractivity contribution >= 4 is 27.7 Å². The quantitative estimate of drug-likeness (QED) is 0.887. The van der Waals surface area contributed by atoms with Gasteiger partial charge in [-0.05, 0) is 40.7 Å². The Kier molecular flexibility index (Phi) is 4.83. The predicted octanol–water partition coefficient (Wildman–Crippen LogP) is 4.05. The molecule has 2 unspecified atom stereocenters. The van der Waals surface area contributed by atoms with Gasteiger partial charge >= 0.3 is 0 Å². The molecular formula is C16H17BrN2OS. The third kappa shape index (κ3) is 3.25. The van der Waals surface area contributed by atoms with E-state index in [-0.39, 0.29) is 6.04 Å². The Bertz CT molecular complexity index is 623. The summed E-state index contributed by atoms with van der Waals surface area (Å²) in [5, 5.41) is 4.89. The topological polar surface area (TPSA) is 34.1 Å². The molecule has 5 heteroatoms. The van der Waals surface area contributed by atoms with Crippen LogP contribution in [0.25, 0.3) is 0 Å². The van der Waals surface area contributed by atoms with Crippen molar-refractivity contribution in [1.29, 1.82) is 0 Å². The molecule has 3 nitrogen and oxygen atoms in total. The van der Waals surface area contributed by atoms with Crippen molar-refractivity contribution in [2.24, 2.45) is 0 Å². The minimum atomic E-state index is 0.277. The van der Waals surface area contributed by atoms with Gasteiger partial charge < -0.3 is 10.1 Å². The summed E-state index contributed by atoms with van der Waals surface area (Å²) in [4.78, 5) is 4.46. The zero-order valence-electron chi connectivity index (χ0n) is 11.8. The highest BCUT2D eigenvalue weighted by Crippen LogP contribution is 2.40. The second kappa shape index (κ2) is 6.81. The maximum Gasteiger partial charge on any atom is 0.124 e. The number of thioether (sulfide) groups is 1. The molecule has 2 aromatic rings. The summed E-state index contributed by atoms with van der Waals surface area (Å²) in [6.45, 7) is 3.75. The van der Waals surface area contributed by atoms with E-state index in [9.17, 15) is 0 Å². The van der Waals surface area contributed by atoms with Crippen LogP contribution < -0.4 is 10.1 Å². The van der Waals surface area contributed by atoms with Gasteiger partial charge in [0.2, 0.25) is 0 Å². The fraction of sp³-hybridized carbons (Fsp3) is 0.312. The van der Waals surface area contributed by atoms with Crippen LogP contribution in [0.1, 0.15) is 18.5 Å². The Morgan fingerprint density at radius 3 is 3.00 bits per heavy atom. The molecule has 1 aromatic heterocycles. The van der Waals surface area contributed by atoms with Crippen molar-refractivity contribution in [3.8, 4) is 5.75 Å². The minimum absolute atomic E-state index is 0.277. The number of hydrogen-bond acceptors (Lipinski definition) is 4. The first kappa shape index (κ1) is 14.9. The van der Waals surface area contributed by atoms with Crippen molar-refractivity contribution < 1.29 is 4.74 Å². The molecule has 0 fully saturated rings. The first-order valence-corrected chi connectivity index (χ1v) is 8.69. The number of para-hydroxylation sites is 1. The second-order valence-corrected chi connectivity index (χ2v) is 6.91. The second-order valence-electron chi connectivity index (χ2n) is 4.83. The van der Waals surface area contributed by atoms with Crippen molar-refractivity contribution in [1.82, 2.24) is 10.3 Å². The molecule has 1 aliphatic heterocycles. The monoisotopic (exact) mass is 364 g/mol. The lowest BCUT2D eigenvalue weighted by Crippen LogP contribution is -2.37. The number of fused-ring (bicyclic) bond motifs is 1. The zero-order valence-corrected chi connectivity index (χ0v) is 14.2. The van der Waals surface area contributed by atoms with Crippen LogP contribution in [0, 0.1) is 0 Å². The normalized spacial score (nSPS) is 20.7. The third-order valence-corrected chi connectivity index (χ3v) is 5.60. The van der Waals surface area contributed by atoms with Crippen LogP contribution in [0.15, 0.2) is 52.1 Å². The molecule has 0 radical (unpaired) electrons. The average molecular weight is 365 g/mol. The first-order valence-electron chi connectivity index (χ1n) is 7.02. The number of rotatable bonds is 4. The SMILES string of the molecule is CCNC1c2ccccc2OCC1Sc1ncccc1Br. The van der Waals surface area contributed by atoms with Crippen molar-refractivity contribution in [2.45, 2.75) is 23.2 Å². The molecule has 2 heterocycles. The van der Waals surface area contributed by atoms with Crippen LogP contribution in [0.2, 0.25) is 0 Å². The molecule has 2 atom stereocenters. The number of hydrogen-bond donors (Lipinski definition) is 1. The molecule has 21 heavy (non-hydrogen) atoms. The number of halogens is 1. The molecule has 0 bridgehead atoms. The first-order chi connectivity index (χ1) is 10.3. The van der Waals surface area contributed by atoms with Crippen molar-refractivity contribution in [3.05, 3.63) is 52.6 Å². The highest BCUT2D eigenvalue weighted by atomic mass is 79.9. The Labute approximate surface area is 137 Å². The lowest BCUT2D eigenvalue weighted by atomic mass is 10.0. The summed E-state index contributed by atoms with van der Waals surface area (Å²) in [5.74, 6) is 0.986. The number of pyridine rings is 1. The molecule has 1 N–H and O–H groups in total. The maximum atomic E-state index is 5.92. The van der Waals surface area contributed by atoms with Crippen LogP contribution >= 0.6 is 27.7 Å². The van der Waals surface area contributed by atoms with Gasteiger partial charge in [-0.25, -0.2) is 4.98 Å². The van der Waals surface area contributed by atoms with Gasteiger partial charge in [0.1, 0.15) is 17.4 Å². The molecule has 0 amide bonds. The number of nitrogens with zero attached hydrogens (tertiary/aromatic N) is 1. The summed E-state index contributed by atoms with van der Waals surface area (Å²) < 4.78 is 6.95. The standard InChI is InChI=1S/C16H17BrN2OS/c1-2-18-15-11-6-3-4-8-13(11)20-10-14(15)21-16-12(17)7-5-9-19-16/h3-9,14-15,18H,2,10H2,1H3. The van der Waals surface area contributed by atoms with E-state index in [1.807, 2.05) is 30.5 Å². The summed E-state index contributed by atoms with van der Waals surface area (Å²) in [7, 11) is 0. The van der Waals surface area contributed by atoms with Gasteiger partial charge in [0.15, 0.2) is 0 Å². The van der Waals surface area contributed by atoms with E-state index in [1.54, 1.807) is 11.8 Å². The highest BCUT2D eigenvalue weighted by molar-refractivity contribution is 9.10. The molecule has 1 aliphatic rings. The zero-order chi connectivity index (χ0) is 14.7. The predicted molar refractivity (Wildman–Crippen MR) is 89.9 cm³/mol. The van der Waals surface area contributed by atoms with Crippen LogP contribution in [0.3, 0.4) is 0 Å². The van der Waals surface area contributed by atoms with Gasteiger partial charge in [0.05, 0.1) is 11.3 Å². The van der Waals surface area contributed by atoms with Crippen LogP contribution in [0.5, 0.6) is 5.75 Å². The van der Waals surface area contributed by atoms with Gasteiger partial charge in [-0.15, -0.1) is 0 Å². The molecule has 110 valence electrons. The molecule has 0 aliphatic carbocycles. The lowest BCUT2D eigenvalue weighted by Gasteiger charge is -2.33. The van der Waals surface area contributed by atoms with Crippen LogP contribution in [-0.2, 0) is 0 Å². The molecule has 0 saturated heterocycles. The molecule has 0 saturated carbocycles. The van der Waals surface area contributed by atoms with Crippen molar-refractivity contribution in [2.75, 3.05) is 13.2 Å². The van der Waals surface area contributed by atoms with E-state index < -0.39 is 0 Å². The lowest BCUT2D eigenvalue weighted by molar-refractivity contribution is 0.261. The molecular weight excluding hydrogens is 348 g/mol. The van der Waals surface area contributed by atoms with E-state index in [2.05, 4.69) is 45.3 Å². The average Bonchev–Trinajstić information content (AvgIpc) is 2.52. The van der Waals surface area contributed by atoms with Gasteiger partial charge in [-0.1, -0.05) is 36.9 Å². The summed E-state index contributed by atoms with van der Waals surface area (Å²) >= 11 is 5.33. The Hall–Kier alpha value is -1.04. The van der Waals surface area contributed by atoms with E-state index in [4.69, 9.17) is 4.74 Å². The number of ether oxygens (including phenoxy) is 1. The Balaban J connectivity index is 1.87. The van der Waals surface area contributed by atoms with E-state index in [0.717, 1.165) is 21.8 Å². The maximum absolute atomic E-state index is 5.92. The summed E-state index contributed by atoms with van der Waals surface area (Å²) in [5.41, 5.74) is 1.23. The fourth-order valence-corrected chi connectivity index (χ4v) is 4.14. The molecule has 1 aromatic carbocycles. The van der Waals surface area contributed by atoms with E-state index in [0.29, 0.717) is 11.9 Å². The highest BCUT2D eigenvalue weighted by Gasteiger charge is 2.31. The number of nitrogens with one attached hydrogen (secondary N) is 1. The van der Waals surface area contributed by atoms with Gasteiger partial charge in [-0.2, -0.15) is 0 Å². The van der Waals surface area contributed by atoms with Crippen molar-refractivity contribution in [3.63, 3.8) is 0 Å². The molecule has 0 spiro atoms. The fourth-order valence-electron chi connectivity index (χ4n) is 2.50. The number of aromatic nitrogens is 1. The minimum Gasteiger partial charge on any atom is -0.492 e. The Morgan fingerprint density at radius 1 is 1.33 bits per heavy atom. The van der Waals surface area contributed by atoms with Gasteiger partial charge in [0, 0.05) is 16.2 Å². The summed E-state index contributed by atoms with van der Waals surface area (Å²) in [6, 6.07) is 12.5. The summed E-state index contributed by atoms with van der Waals surface area (Å²) in [6.07, 6.45) is 1.83. The largest absolute Gasteiger partial charge is 0.492 e. The van der Waals surface area contributed by atoms with E-state index >= 15 is 0 Å². The van der Waals surface area contributed by atoms with Gasteiger partial charge in [-0.3, -0.25) is 0 Å². The van der Waals surface area contributed by atoms with Gasteiger partial charge in [0.25, 0.3) is 0 Å². The van der Waals surface area contributed by atoms with E-state index in [1.165, 1.54) is 5.56 Å². The smallest absolute Gasteiger partial charge is 0.124 e. The third-order valence-electron chi connectivity index (χ3n) is 3.44. The van der Waals surface area contributed by atoms with Crippen LogP contribution in [0.4, 0.5) is 0 Å². The number of benzene rings is 1.